The largest absolute Gasteiger partial charge is 0.395 e. The van der Waals surface area contributed by atoms with E-state index in [9.17, 15) is 0 Å². The van der Waals surface area contributed by atoms with Crippen molar-refractivity contribution < 1.29 is 5.11 Å². The zero-order chi connectivity index (χ0) is 11.3. The first-order chi connectivity index (χ1) is 7.19. The van der Waals surface area contributed by atoms with Crippen molar-refractivity contribution in [1.29, 1.82) is 5.26 Å². The van der Waals surface area contributed by atoms with Crippen molar-refractivity contribution >= 4 is 40.7 Å². The van der Waals surface area contributed by atoms with Crippen molar-refractivity contribution in [3.8, 4) is 5.40 Å². The molecule has 0 spiro atoms. The first-order valence-corrected chi connectivity index (χ1v) is 5.66. The maximum absolute atomic E-state index is 8.64. The number of rotatable bonds is 4. The third-order valence-electron chi connectivity index (χ3n) is 1.60. The molecule has 0 saturated heterocycles. The molecular weight excluding hydrogens is 255 g/mol. The van der Waals surface area contributed by atoms with Gasteiger partial charge in [0.2, 0.25) is 0 Å². The molecule has 1 aromatic carbocycles. The summed E-state index contributed by atoms with van der Waals surface area (Å²) < 4.78 is 0. The topological polar surface area (TPSA) is 56.0 Å². The average Bonchev–Trinajstić information content (AvgIpc) is 2.21. The molecule has 80 valence electrons. The second-order valence-corrected chi connectivity index (χ2v) is 4.25. The summed E-state index contributed by atoms with van der Waals surface area (Å²) in [6, 6.07) is 3.26. The van der Waals surface area contributed by atoms with Crippen LogP contribution in [0.4, 0.5) is 5.69 Å². The molecule has 0 amide bonds. The fourth-order valence-corrected chi connectivity index (χ4v) is 1.99. The smallest absolute Gasteiger partial charge is 0.138 e. The molecule has 3 nitrogen and oxygen atoms in total. The van der Waals surface area contributed by atoms with Crippen molar-refractivity contribution in [2.24, 2.45) is 0 Å². The van der Waals surface area contributed by atoms with E-state index in [1.165, 1.54) is 0 Å². The Bertz CT molecular complexity index is 392. The third kappa shape index (κ3) is 3.47. The molecule has 15 heavy (non-hydrogen) atoms. The maximum Gasteiger partial charge on any atom is 0.138 e. The van der Waals surface area contributed by atoms with Crippen molar-refractivity contribution in [2.45, 2.75) is 4.90 Å². The molecule has 0 aliphatic heterocycles. The van der Waals surface area contributed by atoms with Crippen LogP contribution in [0.25, 0.3) is 0 Å². The van der Waals surface area contributed by atoms with Gasteiger partial charge in [-0.15, -0.1) is 0 Å². The molecule has 0 heterocycles. The molecule has 0 atom stereocenters. The quantitative estimate of drug-likeness (QED) is 0.647. The van der Waals surface area contributed by atoms with Crippen LogP contribution in [0.5, 0.6) is 0 Å². The van der Waals surface area contributed by atoms with E-state index in [0.29, 0.717) is 27.2 Å². The van der Waals surface area contributed by atoms with Gasteiger partial charge < -0.3 is 10.4 Å². The van der Waals surface area contributed by atoms with Gasteiger partial charge >= 0.3 is 0 Å². The van der Waals surface area contributed by atoms with Crippen LogP contribution >= 0.6 is 35.0 Å². The third-order valence-corrected chi connectivity index (χ3v) is 2.99. The molecular formula is C9H8Cl2N2OS. The Labute approximate surface area is 102 Å². The van der Waals surface area contributed by atoms with Gasteiger partial charge in [0.05, 0.1) is 22.3 Å². The van der Waals surface area contributed by atoms with Gasteiger partial charge in [0.1, 0.15) is 5.40 Å². The second kappa shape index (κ2) is 6.09. The number of nitriles is 1. The highest BCUT2D eigenvalue weighted by Crippen LogP contribution is 2.34. The Hall–Kier alpha value is -0.600. The average molecular weight is 263 g/mol. The number of nitrogens with one attached hydrogen (secondary N) is 1. The summed E-state index contributed by atoms with van der Waals surface area (Å²) in [7, 11) is 0. The van der Waals surface area contributed by atoms with Gasteiger partial charge in [0.25, 0.3) is 0 Å². The lowest BCUT2D eigenvalue weighted by atomic mass is 10.3. The maximum atomic E-state index is 8.64. The number of aliphatic hydroxyl groups is 1. The van der Waals surface area contributed by atoms with Gasteiger partial charge in [-0.05, 0) is 23.9 Å². The summed E-state index contributed by atoms with van der Waals surface area (Å²) in [6.07, 6.45) is 0. The van der Waals surface area contributed by atoms with Gasteiger partial charge in [0, 0.05) is 11.4 Å². The number of halogens is 2. The summed E-state index contributed by atoms with van der Waals surface area (Å²) >= 11 is 12.8. The van der Waals surface area contributed by atoms with E-state index >= 15 is 0 Å². The van der Waals surface area contributed by atoms with Gasteiger partial charge in [-0.2, -0.15) is 5.26 Å². The first-order valence-electron chi connectivity index (χ1n) is 4.08. The molecule has 0 fully saturated rings. The Kier molecular flexibility index (Phi) is 5.06. The lowest BCUT2D eigenvalue weighted by molar-refractivity contribution is 0.311. The highest BCUT2D eigenvalue weighted by atomic mass is 35.5. The minimum Gasteiger partial charge on any atom is -0.395 e. The normalized spacial score (nSPS) is 9.73. The highest BCUT2D eigenvalue weighted by molar-refractivity contribution is 8.03. The fourth-order valence-electron chi connectivity index (χ4n) is 0.982. The lowest BCUT2D eigenvalue weighted by Crippen LogP contribution is -2.05. The molecule has 0 saturated carbocycles. The molecule has 1 aromatic rings. The molecule has 0 unspecified atom stereocenters. The summed E-state index contributed by atoms with van der Waals surface area (Å²) in [5, 5.41) is 22.9. The number of thiocyanates is 1. The predicted molar refractivity (Wildman–Crippen MR) is 63.5 cm³/mol. The van der Waals surface area contributed by atoms with Crippen molar-refractivity contribution in [1.82, 2.24) is 0 Å². The number of anilines is 1. The SMILES string of the molecule is N#CSc1cc(Cl)c(NCCO)cc1Cl. The van der Waals surface area contributed by atoms with Gasteiger partial charge in [-0.25, -0.2) is 0 Å². The Morgan fingerprint density at radius 2 is 2.13 bits per heavy atom. The number of nitrogens with zero attached hydrogens (tertiary/aromatic N) is 1. The molecule has 6 heteroatoms. The Morgan fingerprint density at radius 3 is 2.73 bits per heavy atom. The molecule has 0 radical (unpaired) electrons. The Morgan fingerprint density at radius 1 is 1.40 bits per heavy atom. The van der Waals surface area contributed by atoms with Gasteiger partial charge in [0.15, 0.2) is 0 Å². The minimum atomic E-state index is 0.0165. The number of hydrogen-bond donors (Lipinski definition) is 2. The van der Waals surface area contributed by atoms with E-state index in [1.807, 2.05) is 5.40 Å². The van der Waals surface area contributed by atoms with Crippen molar-refractivity contribution in [2.75, 3.05) is 18.5 Å². The van der Waals surface area contributed by atoms with E-state index in [4.69, 9.17) is 33.6 Å². The van der Waals surface area contributed by atoms with Crippen LogP contribution in [0.1, 0.15) is 0 Å². The highest BCUT2D eigenvalue weighted by Gasteiger charge is 2.07. The number of hydrogen-bond acceptors (Lipinski definition) is 4. The van der Waals surface area contributed by atoms with Crippen LogP contribution in [0.3, 0.4) is 0 Å². The minimum absolute atomic E-state index is 0.0165. The summed E-state index contributed by atoms with van der Waals surface area (Å²) in [6.45, 7) is 0.420. The van der Waals surface area contributed by atoms with E-state index in [1.54, 1.807) is 12.1 Å². The monoisotopic (exact) mass is 262 g/mol. The second-order valence-electron chi connectivity index (χ2n) is 2.61. The van der Waals surface area contributed by atoms with Crippen molar-refractivity contribution in [3.63, 3.8) is 0 Å². The molecule has 0 bridgehead atoms. The zero-order valence-electron chi connectivity index (χ0n) is 7.63. The molecule has 0 aliphatic carbocycles. The standard InChI is InChI=1S/C9H8Cl2N2OS/c10-6-4-9(15-5-12)7(11)3-8(6)13-1-2-14/h3-4,13-14H,1-2H2. The van der Waals surface area contributed by atoms with Gasteiger partial charge in [-0.3, -0.25) is 0 Å². The van der Waals surface area contributed by atoms with E-state index in [0.717, 1.165) is 11.8 Å². The van der Waals surface area contributed by atoms with E-state index in [-0.39, 0.29) is 6.61 Å². The molecule has 1 rings (SSSR count). The fraction of sp³-hybridized carbons (Fsp3) is 0.222. The zero-order valence-corrected chi connectivity index (χ0v) is 9.96. The van der Waals surface area contributed by atoms with Crippen LogP contribution < -0.4 is 5.32 Å². The predicted octanol–water partition coefficient (Wildman–Crippen LogP) is 2.97. The first kappa shape index (κ1) is 12.5. The summed E-state index contributed by atoms with van der Waals surface area (Å²) in [5.41, 5.74) is 0.651. The van der Waals surface area contributed by atoms with E-state index in [2.05, 4.69) is 5.32 Å². The number of benzene rings is 1. The lowest BCUT2D eigenvalue weighted by Gasteiger charge is -2.08. The molecule has 2 N–H and O–H groups in total. The number of aliphatic hydroxyl groups excluding tert-OH is 1. The van der Waals surface area contributed by atoms with Crippen LogP contribution in [0, 0.1) is 10.7 Å². The van der Waals surface area contributed by atoms with Gasteiger partial charge in [-0.1, -0.05) is 23.2 Å². The van der Waals surface area contributed by atoms with Crippen LogP contribution in [-0.4, -0.2) is 18.3 Å². The molecule has 0 aliphatic rings. The van der Waals surface area contributed by atoms with E-state index < -0.39 is 0 Å². The number of thioether (sulfide) groups is 1. The summed E-state index contributed by atoms with van der Waals surface area (Å²) in [5.74, 6) is 0. The van der Waals surface area contributed by atoms with Crippen LogP contribution in [-0.2, 0) is 0 Å². The molecule has 0 aromatic heterocycles. The summed E-state index contributed by atoms with van der Waals surface area (Å²) in [4.78, 5) is 0.624. The van der Waals surface area contributed by atoms with Crippen molar-refractivity contribution in [3.05, 3.63) is 22.2 Å². The van der Waals surface area contributed by atoms with Crippen LogP contribution in [0.15, 0.2) is 17.0 Å². The van der Waals surface area contributed by atoms with Crippen LogP contribution in [0.2, 0.25) is 10.0 Å². The Balaban J connectivity index is 2.93.